The van der Waals surface area contributed by atoms with E-state index >= 15 is 0 Å². The maximum Gasteiger partial charge on any atom is 0.416 e. The van der Waals surface area contributed by atoms with Crippen LogP contribution in [0.1, 0.15) is 59.8 Å². The number of esters is 1. The van der Waals surface area contributed by atoms with Crippen LogP contribution >= 0.6 is 0 Å². The monoisotopic (exact) mass is 461 g/mol. The third kappa shape index (κ3) is 4.65. The summed E-state index contributed by atoms with van der Waals surface area (Å²) < 4.78 is 48.9. The van der Waals surface area contributed by atoms with Crippen molar-refractivity contribution in [3.63, 3.8) is 0 Å². The van der Waals surface area contributed by atoms with Crippen molar-refractivity contribution in [2.45, 2.75) is 25.1 Å². The lowest BCUT2D eigenvalue weighted by Gasteiger charge is -2.17. The molecule has 33 heavy (non-hydrogen) atoms. The molecule has 0 aromatic heterocycles. The topological polar surface area (TPSA) is 90.0 Å². The highest BCUT2D eigenvalue weighted by Crippen LogP contribution is 2.30. The summed E-state index contributed by atoms with van der Waals surface area (Å²) >= 11 is 0. The van der Waals surface area contributed by atoms with Gasteiger partial charge in [0, 0.05) is 12.2 Å². The molecule has 172 valence electrons. The summed E-state index contributed by atoms with van der Waals surface area (Å²) in [7, 11) is 0. The second-order valence-corrected chi connectivity index (χ2v) is 7.69. The van der Waals surface area contributed by atoms with Crippen LogP contribution in [0.2, 0.25) is 0 Å². The molecule has 2 amide bonds. The van der Waals surface area contributed by atoms with Crippen molar-refractivity contribution < 1.29 is 41.8 Å². The normalized spacial score (nSPS) is 17.9. The van der Waals surface area contributed by atoms with Gasteiger partial charge < -0.3 is 9.47 Å². The number of hydrogen-bond donors (Lipinski definition) is 0. The van der Waals surface area contributed by atoms with Crippen LogP contribution in [0.5, 0.6) is 0 Å². The number of amides is 2. The molecule has 0 aliphatic carbocycles. The molecule has 0 radical (unpaired) electrons. The maximum absolute atomic E-state index is 12.8. The number of rotatable bonds is 6. The second kappa shape index (κ2) is 8.78. The summed E-state index contributed by atoms with van der Waals surface area (Å²) in [5.41, 5.74) is -1.12. The highest BCUT2D eigenvalue weighted by atomic mass is 19.4. The summed E-state index contributed by atoms with van der Waals surface area (Å²) in [5, 5.41) is 0. The Bertz CT molecular complexity index is 1140. The van der Waals surface area contributed by atoms with E-state index in [4.69, 9.17) is 9.47 Å². The van der Waals surface area contributed by atoms with Gasteiger partial charge in [0.25, 0.3) is 11.8 Å². The number of benzene rings is 2. The van der Waals surface area contributed by atoms with Gasteiger partial charge in [0.15, 0.2) is 12.4 Å². The number of nitrogens with zero attached hydrogens (tertiary/aromatic N) is 1. The number of Topliss-reactive ketones (excluding diaryl/α,β-unsaturated/α-hetero) is 1. The van der Waals surface area contributed by atoms with E-state index in [2.05, 4.69) is 0 Å². The Balaban J connectivity index is 1.42. The van der Waals surface area contributed by atoms with E-state index in [-0.39, 0.29) is 34.9 Å². The Hall–Kier alpha value is -3.53. The van der Waals surface area contributed by atoms with E-state index in [1.165, 1.54) is 24.3 Å². The average Bonchev–Trinajstić information content (AvgIpc) is 3.39. The Morgan fingerprint density at radius 3 is 2.48 bits per heavy atom. The molecule has 4 rings (SSSR count). The SMILES string of the molecule is O=C(COC(=O)c1ccc2c(c1)C(=O)N(CC1CCCO1)C2=O)c1cccc(C(F)(F)F)c1. The molecular weight excluding hydrogens is 443 g/mol. The van der Waals surface area contributed by atoms with Crippen molar-refractivity contribution in [1.82, 2.24) is 4.90 Å². The van der Waals surface area contributed by atoms with Crippen molar-refractivity contribution in [1.29, 1.82) is 0 Å². The molecule has 1 fully saturated rings. The highest BCUT2D eigenvalue weighted by molar-refractivity contribution is 6.22. The zero-order valence-electron chi connectivity index (χ0n) is 17.2. The maximum atomic E-state index is 12.8. The van der Waals surface area contributed by atoms with Crippen LogP contribution in [0.15, 0.2) is 42.5 Å². The minimum atomic E-state index is -4.61. The quantitative estimate of drug-likeness (QED) is 0.372. The van der Waals surface area contributed by atoms with E-state index in [9.17, 15) is 32.3 Å². The van der Waals surface area contributed by atoms with Crippen molar-refractivity contribution in [3.05, 3.63) is 70.3 Å². The molecule has 2 aliphatic heterocycles. The van der Waals surface area contributed by atoms with Crippen LogP contribution in [-0.2, 0) is 15.7 Å². The molecule has 2 aromatic carbocycles. The Morgan fingerprint density at radius 2 is 1.79 bits per heavy atom. The Kier molecular flexibility index (Phi) is 6.03. The number of carbonyl (C=O) groups excluding carboxylic acids is 4. The Labute approximate surface area is 186 Å². The van der Waals surface area contributed by atoms with Gasteiger partial charge in [-0.05, 0) is 43.2 Å². The lowest BCUT2D eigenvalue weighted by atomic mass is 10.1. The van der Waals surface area contributed by atoms with Crippen molar-refractivity contribution in [3.8, 4) is 0 Å². The smallest absolute Gasteiger partial charge is 0.416 e. The van der Waals surface area contributed by atoms with Crippen LogP contribution in [0.3, 0.4) is 0 Å². The van der Waals surface area contributed by atoms with E-state index in [0.29, 0.717) is 12.7 Å². The second-order valence-electron chi connectivity index (χ2n) is 7.69. The van der Waals surface area contributed by atoms with Crippen LogP contribution in [0, 0.1) is 0 Å². The lowest BCUT2D eigenvalue weighted by molar-refractivity contribution is -0.137. The number of hydrogen-bond acceptors (Lipinski definition) is 6. The fourth-order valence-corrected chi connectivity index (χ4v) is 3.74. The first-order chi connectivity index (χ1) is 15.6. The van der Waals surface area contributed by atoms with Crippen LogP contribution in [0.25, 0.3) is 0 Å². The van der Waals surface area contributed by atoms with Gasteiger partial charge in [-0.25, -0.2) is 4.79 Å². The van der Waals surface area contributed by atoms with Gasteiger partial charge >= 0.3 is 12.1 Å². The molecule has 2 aliphatic rings. The minimum Gasteiger partial charge on any atom is -0.454 e. The number of carbonyl (C=O) groups is 4. The summed E-state index contributed by atoms with van der Waals surface area (Å²) in [6.07, 6.45) is -3.24. The fraction of sp³-hybridized carbons (Fsp3) is 0.304. The van der Waals surface area contributed by atoms with E-state index < -0.39 is 41.9 Å². The molecule has 10 heteroatoms. The molecule has 0 spiro atoms. The van der Waals surface area contributed by atoms with Crippen molar-refractivity contribution in [2.75, 3.05) is 19.8 Å². The number of fused-ring (bicyclic) bond motifs is 1. The summed E-state index contributed by atoms with van der Waals surface area (Å²) in [6.45, 7) is -0.0874. The van der Waals surface area contributed by atoms with Gasteiger partial charge in [-0.15, -0.1) is 0 Å². The van der Waals surface area contributed by atoms with Crippen molar-refractivity contribution >= 4 is 23.6 Å². The summed E-state index contributed by atoms with van der Waals surface area (Å²) in [4.78, 5) is 50.9. The van der Waals surface area contributed by atoms with Gasteiger partial charge in [0.1, 0.15) is 0 Å². The summed E-state index contributed by atoms with van der Waals surface area (Å²) in [6, 6.07) is 7.61. The fourth-order valence-electron chi connectivity index (χ4n) is 3.74. The molecule has 1 atom stereocenters. The molecule has 7 nitrogen and oxygen atoms in total. The predicted molar refractivity (Wildman–Crippen MR) is 107 cm³/mol. The third-order valence-electron chi connectivity index (χ3n) is 5.46. The van der Waals surface area contributed by atoms with Crippen molar-refractivity contribution in [2.24, 2.45) is 0 Å². The number of ether oxygens (including phenoxy) is 2. The van der Waals surface area contributed by atoms with E-state index in [1.54, 1.807) is 0 Å². The average molecular weight is 461 g/mol. The molecule has 2 heterocycles. The van der Waals surface area contributed by atoms with E-state index in [0.717, 1.165) is 29.9 Å². The van der Waals surface area contributed by atoms with Gasteiger partial charge in [-0.3, -0.25) is 19.3 Å². The molecule has 1 unspecified atom stereocenters. The number of ketones is 1. The largest absolute Gasteiger partial charge is 0.454 e. The standard InChI is InChI=1S/C23H18F3NO6/c24-23(25,26)15-4-1-3-13(9-15)19(28)12-33-22(31)14-6-7-17-18(10-14)21(30)27(20(17)29)11-16-5-2-8-32-16/h1,3-4,6-7,9-10,16H,2,5,8,11-12H2. The van der Waals surface area contributed by atoms with Gasteiger partial charge in [0.2, 0.25) is 0 Å². The van der Waals surface area contributed by atoms with Crippen LogP contribution < -0.4 is 0 Å². The predicted octanol–water partition coefficient (Wildman–Crippen LogP) is 3.52. The van der Waals surface area contributed by atoms with Gasteiger partial charge in [0.05, 0.1) is 34.9 Å². The zero-order chi connectivity index (χ0) is 23.8. The zero-order valence-corrected chi connectivity index (χ0v) is 17.2. The van der Waals surface area contributed by atoms with Gasteiger partial charge in [-0.2, -0.15) is 13.2 Å². The van der Waals surface area contributed by atoms with Gasteiger partial charge in [-0.1, -0.05) is 12.1 Å². The number of alkyl halides is 3. The third-order valence-corrected chi connectivity index (χ3v) is 5.46. The molecule has 0 saturated carbocycles. The van der Waals surface area contributed by atoms with Crippen LogP contribution in [-0.4, -0.2) is 54.3 Å². The molecule has 0 N–H and O–H groups in total. The van der Waals surface area contributed by atoms with E-state index in [1.807, 2.05) is 0 Å². The Morgan fingerprint density at radius 1 is 1.03 bits per heavy atom. The first-order valence-corrected chi connectivity index (χ1v) is 10.1. The summed E-state index contributed by atoms with van der Waals surface area (Å²) in [5.74, 6) is -2.80. The first kappa shape index (κ1) is 22.7. The minimum absolute atomic E-state index is 0.0386. The number of halogens is 3. The highest BCUT2D eigenvalue weighted by Gasteiger charge is 2.38. The van der Waals surface area contributed by atoms with Crippen LogP contribution in [0.4, 0.5) is 13.2 Å². The number of imide groups is 1. The first-order valence-electron chi connectivity index (χ1n) is 10.1. The molecular formula is C23H18F3NO6. The molecule has 0 bridgehead atoms. The lowest BCUT2D eigenvalue weighted by Crippen LogP contribution is -2.36. The molecule has 1 saturated heterocycles. The molecule has 2 aromatic rings.